The number of carbonyl (C=O) groups excluding carboxylic acids is 2. The van der Waals surface area contributed by atoms with Gasteiger partial charge in [0.2, 0.25) is 0 Å². The van der Waals surface area contributed by atoms with Crippen LogP contribution in [0.15, 0.2) is 16.9 Å². The fraction of sp³-hybridized carbons (Fsp3) is 0.538. The Balaban J connectivity index is 1.60. The predicted octanol–water partition coefficient (Wildman–Crippen LogP) is -0.173. The van der Waals surface area contributed by atoms with Gasteiger partial charge in [0.15, 0.2) is 0 Å². The number of rotatable bonds is 2. The maximum Gasteiger partial charge on any atom is 0.410 e. The first-order valence-electron chi connectivity index (χ1n) is 6.93. The molecule has 0 saturated carbocycles. The predicted molar refractivity (Wildman–Crippen MR) is 71.8 cm³/mol. The van der Waals surface area contributed by atoms with Crippen LogP contribution in [0.25, 0.3) is 0 Å². The molecule has 2 aliphatic rings. The van der Waals surface area contributed by atoms with Gasteiger partial charge in [-0.05, 0) is 18.9 Å². The van der Waals surface area contributed by atoms with Crippen molar-refractivity contribution in [3.63, 3.8) is 0 Å². The molecule has 112 valence electrons. The third-order valence-corrected chi connectivity index (χ3v) is 3.88. The highest BCUT2D eigenvalue weighted by atomic mass is 16.6. The number of H-pyrrole nitrogens is 1. The zero-order valence-electron chi connectivity index (χ0n) is 11.4. The number of cyclic esters (lactones) is 1. The number of hydrogen-bond acceptors (Lipinski definition) is 5. The molecule has 0 unspecified atom stereocenters. The number of carbonyl (C=O) groups is 2. The Morgan fingerprint density at radius 1 is 1.24 bits per heavy atom. The number of likely N-dealkylation sites (tertiary alicyclic amines) is 1. The molecule has 8 nitrogen and oxygen atoms in total. The summed E-state index contributed by atoms with van der Waals surface area (Å²) in [6.45, 7) is 2.19. The van der Waals surface area contributed by atoms with E-state index in [2.05, 4.69) is 10.2 Å². The zero-order valence-corrected chi connectivity index (χ0v) is 11.4. The normalized spacial score (nSPS) is 19.7. The SMILES string of the molecule is O=C(c1ccc(=O)[nH]n1)N1CCC(N2CCOC2=O)CC1. The van der Waals surface area contributed by atoms with Gasteiger partial charge in [-0.1, -0.05) is 0 Å². The van der Waals surface area contributed by atoms with Gasteiger partial charge in [-0.2, -0.15) is 5.10 Å². The summed E-state index contributed by atoms with van der Waals surface area (Å²) in [5.41, 5.74) is -0.105. The van der Waals surface area contributed by atoms with Crippen molar-refractivity contribution >= 4 is 12.0 Å². The molecule has 0 aromatic carbocycles. The second-order valence-electron chi connectivity index (χ2n) is 5.14. The molecular formula is C13H16N4O4. The summed E-state index contributed by atoms with van der Waals surface area (Å²) < 4.78 is 4.94. The number of hydrogen-bond donors (Lipinski definition) is 1. The fourth-order valence-electron chi connectivity index (χ4n) is 2.74. The number of amides is 2. The molecule has 2 saturated heterocycles. The van der Waals surface area contributed by atoms with Gasteiger partial charge >= 0.3 is 6.09 Å². The second-order valence-corrected chi connectivity index (χ2v) is 5.14. The van der Waals surface area contributed by atoms with Crippen LogP contribution in [0.3, 0.4) is 0 Å². The third-order valence-electron chi connectivity index (χ3n) is 3.88. The molecule has 3 rings (SSSR count). The fourth-order valence-corrected chi connectivity index (χ4v) is 2.74. The van der Waals surface area contributed by atoms with Gasteiger partial charge in [0, 0.05) is 25.2 Å². The van der Waals surface area contributed by atoms with E-state index in [9.17, 15) is 14.4 Å². The largest absolute Gasteiger partial charge is 0.448 e. The number of piperidine rings is 1. The van der Waals surface area contributed by atoms with E-state index in [4.69, 9.17) is 4.74 Å². The van der Waals surface area contributed by atoms with Crippen molar-refractivity contribution in [1.82, 2.24) is 20.0 Å². The van der Waals surface area contributed by atoms with Crippen molar-refractivity contribution in [3.8, 4) is 0 Å². The van der Waals surface area contributed by atoms with E-state index in [1.54, 1.807) is 9.80 Å². The van der Waals surface area contributed by atoms with Crippen molar-refractivity contribution < 1.29 is 14.3 Å². The van der Waals surface area contributed by atoms with Gasteiger partial charge < -0.3 is 14.5 Å². The van der Waals surface area contributed by atoms with Crippen LogP contribution in [-0.4, -0.2) is 64.3 Å². The van der Waals surface area contributed by atoms with E-state index in [1.165, 1.54) is 12.1 Å². The van der Waals surface area contributed by atoms with Crippen LogP contribution in [0.1, 0.15) is 23.3 Å². The Bertz CT molecular complexity index is 586. The Kier molecular flexibility index (Phi) is 3.59. The lowest BCUT2D eigenvalue weighted by Gasteiger charge is -2.35. The summed E-state index contributed by atoms with van der Waals surface area (Å²) in [7, 11) is 0. The minimum absolute atomic E-state index is 0.132. The van der Waals surface area contributed by atoms with Gasteiger partial charge in [-0.15, -0.1) is 0 Å². The second kappa shape index (κ2) is 5.55. The molecule has 0 aliphatic carbocycles. The van der Waals surface area contributed by atoms with Crippen molar-refractivity contribution in [1.29, 1.82) is 0 Å². The third kappa shape index (κ3) is 2.74. The molecule has 1 aromatic heterocycles. The van der Waals surface area contributed by atoms with Gasteiger partial charge in [0.05, 0.1) is 6.54 Å². The average molecular weight is 292 g/mol. The first-order valence-corrected chi connectivity index (χ1v) is 6.93. The number of aromatic amines is 1. The molecule has 3 heterocycles. The standard InChI is InChI=1S/C13H16N4O4/c18-11-2-1-10(14-15-11)12(19)16-5-3-9(4-6-16)17-7-8-21-13(17)20/h1-2,9H,3-8H2,(H,15,18). The topological polar surface area (TPSA) is 95.6 Å². The number of aromatic nitrogens is 2. The van der Waals surface area contributed by atoms with E-state index in [0.717, 1.165) is 12.8 Å². The molecule has 2 amide bonds. The Morgan fingerprint density at radius 3 is 2.57 bits per heavy atom. The highest BCUT2D eigenvalue weighted by Gasteiger charge is 2.33. The molecule has 2 fully saturated rings. The number of nitrogens with zero attached hydrogens (tertiary/aromatic N) is 3. The Morgan fingerprint density at radius 2 is 2.00 bits per heavy atom. The van der Waals surface area contributed by atoms with E-state index >= 15 is 0 Å². The summed E-state index contributed by atoms with van der Waals surface area (Å²) in [4.78, 5) is 38.1. The molecule has 2 aliphatic heterocycles. The van der Waals surface area contributed by atoms with E-state index in [0.29, 0.717) is 26.2 Å². The average Bonchev–Trinajstić information content (AvgIpc) is 2.94. The van der Waals surface area contributed by atoms with Gasteiger partial charge in [-0.3, -0.25) is 9.59 Å². The molecule has 0 spiro atoms. The van der Waals surface area contributed by atoms with E-state index in [-0.39, 0.29) is 29.3 Å². The van der Waals surface area contributed by atoms with Crippen LogP contribution in [0.5, 0.6) is 0 Å². The highest BCUT2D eigenvalue weighted by molar-refractivity contribution is 5.92. The van der Waals surface area contributed by atoms with Crippen LogP contribution >= 0.6 is 0 Å². The summed E-state index contributed by atoms with van der Waals surface area (Å²) in [5.74, 6) is -0.200. The van der Waals surface area contributed by atoms with Gasteiger partial charge in [0.25, 0.3) is 11.5 Å². The molecule has 0 radical (unpaired) electrons. The minimum Gasteiger partial charge on any atom is -0.448 e. The quantitative estimate of drug-likeness (QED) is 0.816. The van der Waals surface area contributed by atoms with Crippen molar-refractivity contribution in [2.45, 2.75) is 18.9 Å². The van der Waals surface area contributed by atoms with Crippen LogP contribution in [0, 0.1) is 0 Å². The van der Waals surface area contributed by atoms with Crippen molar-refractivity contribution in [2.75, 3.05) is 26.2 Å². The van der Waals surface area contributed by atoms with E-state index in [1.807, 2.05) is 0 Å². The summed E-state index contributed by atoms with van der Waals surface area (Å²) >= 11 is 0. The first kappa shape index (κ1) is 13.6. The summed E-state index contributed by atoms with van der Waals surface area (Å²) in [6.07, 6.45) is 1.19. The lowest BCUT2D eigenvalue weighted by molar-refractivity contribution is 0.0651. The minimum atomic E-state index is -0.335. The van der Waals surface area contributed by atoms with E-state index < -0.39 is 0 Å². The Hall–Kier alpha value is -2.38. The Labute approximate surface area is 120 Å². The summed E-state index contributed by atoms with van der Waals surface area (Å²) in [6, 6.07) is 2.84. The lowest BCUT2D eigenvalue weighted by atomic mass is 10.0. The number of ether oxygens (including phenoxy) is 1. The molecule has 0 atom stereocenters. The maximum absolute atomic E-state index is 12.2. The van der Waals surface area contributed by atoms with Crippen molar-refractivity contribution in [3.05, 3.63) is 28.2 Å². The highest BCUT2D eigenvalue weighted by Crippen LogP contribution is 2.20. The molecule has 21 heavy (non-hydrogen) atoms. The van der Waals surface area contributed by atoms with Crippen molar-refractivity contribution in [2.24, 2.45) is 0 Å². The molecule has 8 heteroatoms. The smallest absolute Gasteiger partial charge is 0.410 e. The molecule has 1 aromatic rings. The molecule has 1 N–H and O–H groups in total. The maximum atomic E-state index is 12.2. The number of nitrogens with one attached hydrogen (secondary N) is 1. The lowest BCUT2D eigenvalue weighted by Crippen LogP contribution is -2.47. The van der Waals surface area contributed by atoms with Crippen LogP contribution in [0.4, 0.5) is 4.79 Å². The molecular weight excluding hydrogens is 276 g/mol. The van der Waals surface area contributed by atoms with Crippen LogP contribution < -0.4 is 5.56 Å². The van der Waals surface area contributed by atoms with Crippen LogP contribution in [0.2, 0.25) is 0 Å². The first-order chi connectivity index (χ1) is 10.1. The molecule has 0 bridgehead atoms. The van der Waals surface area contributed by atoms with Crippen LogP contribution in [-0.2, 0) is 4.74 Å². The van der Waals surface area contributed by atoms with Gasteiger partial charge in [0.1, 0.15) is 12.3 Å². The monoisotopic (exact) mass is 292 g/mol. The zero-order chi connectivity index (χ0) is 14.8. The van der Waals surface area contributed by atoms with Gasteiger partial charge in [-0.25, -0.2) is 9.89 Å². The summed E-state index contributed by atoms with van der Waals surface area (Å²) in [5, 5.41) is 6.01.